The number of rotatable bonds is 1. The Morgan fingerprint density at radius 1 is 1.15 bits per heavy atom. The molecule has 0 saturated carbocycles. The van der Waals surface area contributed by atoms with Crippen LogP contribution >= 0.6 is 0 Å². The number of hydrogen-bond acceptors (Lipinski definition) is 5. The fraction of sp³-hybridized carbons (Fsp3) is 0.133. The van der Waals surface area contributed by atoms with Gasteiger partial charge in [0.15, 0.2) is 0 Å². The minimum atomic E-state index is -0.0869. The molecule has 2 N–H and O–H groups in total. The van der Waals surface area contributed by atoms with Crippen molar-refractivity contribution in [1.29, 1.82) is 0 Å². The van der Waals surface area contributed by atoms with Crippen molar-refractivity contribution in [2.45, 2.75) is 12.5 Å². The minimum Gasteiger partial charge on any atom is -0.468 e. The second-order valence-electron chi connectivity index (χ2n) is 4.79. The summed E-state index contributed by atoms with van der Waals surface area (Å²) in [5.74, 6) is 1.06. The van der Waals surface area contributed by atoms with Gasteiger partial charge in [0.25, 0.3) is 0 Å². The van der Waals surface area contributed by atoms with Crippen LogP contribution in [-0.2, 0) is 6.42 Å². The Kier molecular flexibility index (Phi) is 2.32. The van der Waals surface area contributed by atoms with Crippen LogP contribution in [0.4, 0.5) is 5.82 Å². The maximum absolute atomic E-state index is 6.00. The summed E-state index contributed by atoms with van der Waals surface area (Å²) >= 11 is 0. The van der Waals surface area contributed by atoms with Crippen molar-refractivity contribution < 1.29 is 4.74 Å². The summed E-state index contributed by atoms with van der Waals surface area (Å²) in [5.41, 5.74) is 8.63. The van der Waals surface area contributed by atoms with Crippen LogP contribution in [0.2, 0.25) is 0 Å². The zero-order chi connectivity index (χ0) is 13.5. The Morgan fingerprint density at radius 2 is 2.00 bits per heavy atom. The molecule has 0 aliphatic carbocycles. The van der Waals surface area contributed by atoms with Gasteiger partial charge in [0.1, 0.15) is 18.2 Å². The van der Waals surface area contributed by atoms with Crippen LogP contribution in [0.1, 0.15) is 17.4 Å². The molecule has 0 spiro atoms. The number of benzene rings is 1. The monoisotopic (exact) mass is 264 g/mol. The van der Waals surface area contributed by atoms with Crippen LogP contribution in [-0.4, -0.2) is 15.0 Å². The fourth-order valence-corrected chi connectivity index (χ4v) is 2.59. The van der Waals surface area contributed by atoms with E-state index in [-0.39, 0.29) is 6.10 Å². The summed E-state index contributed by atoms with van der Waals surface area (Å²) in [6, 6.07) is 11.8. The lowest BCUT2D eigenvalue weighted by Crippen LogP contribution is -2.18. The lowest BCUT2D eigenvalue weighted by Gasteiger charge is -2.25. The summed E-state index contributed by atoms with van der Waals surface area (Å²) < 4.78 is 6.00. The molecule has 4 rings (SSSR count). The summed E-state index contributed by atoms with van der Waals surface area (Å²) in [7, 11) is 0. The molecule has 1 unspecified atom stereocenters. The summed E-state index contributed by atoms with van der Waals surface area (Å²) in [6.45, 7) is 0. The third kappa shape index (κ3) is 1.67. The summed E-state index contributed by atoms with van der Waals surface area (Å²) in [5, 5.41) is 0.869. The molecule has 5 heteroatoms. The molecule has 1 atom stereocenters. The van der Waals surface area contributed by atoms with Gasteiger partial charge in [-0.1, -0.05) is 30.3 Å². The van der Waals surface area contributed by atoms with Crippen molar-refractivity contribution in [3.8, 4) is 5.88 Å². The van der Waals surface area contributed by atoms with Gasteiger partial charge in [-0.15, -0.1) is 0 Å². The van der Waals surface area contributed by atoms with E-state index in [0.29, 0.717) is 18.1 Å². The molecule has 20 heavy (non-hydrogen) atoms. The smallest absolute Gasteiger partial charge is 0.226 e. The van der Waals surface area contributed by atoms with E-state index in [9.17, 15) is 0 Å². The predicted molar refractivity (Wildman–Crippen MR) is 75.3 cm³/mol. The Bertz CT molecular complexity index is 788. The minimum absolute atomic E-state index is 0.0869. The van der Waals surface area contributed by atoms with E-state index in [1.54, 1.807) is 6.07 Å². The molecule has 98 valence electrons. The number of anilines is 1. The van der Waals surface area contributed by atoms with E-state index in [4.69, 9.17) is 10.5 Å². The van der Waals surface area contributed by atoms with Gasteiger partial charge in [0.05, 0.1) is 16.6 Å². The second kappa shape index (κ2) is 4.16. The van der Waals surface area contributed by atoms with E-state index in [0.717, 1.165) is 22.2 Å². The highest BCUT2D eigenvalue weighted by molar-refractivity contribution is 5.88. The number of nitrogens with two attached hydrogens (primary N) is 1. The summed E-state index contributed by atoms with van der Waals surface area (Å²) in [4.78, 5) is 12.9. The number of nitrogen functional groups attached to an aromatic ring is 1. The molecule has 0 fully saturated rings. The van der Waals surface area contributed by atoms with Gasteiger partial charge in [-0.3, -0.25) is 0 Å². The molecule has 0 amide bonds. The molecule has 1 aliphatic heterocycles. The number of pyridine rings is 1. The zero-order valence-electron chi connectivity index (χ0n) is 10.7. The highest BCUT2D eigenvalue weighted by Crippen LogP contribution is 2.36. The quantitative estimate of drug-likeness (QED) is 0.730. The van der Waals surface area contributed by atoms with Crippen LogP contribution < -0.4 is 10.5 Å². The molecular formula is C15H12N4O. The predicted octanol–water partition coefficient (Wildman–Crippen LogP) is 2.28. The van der Waals surface area contributed by atoms with Crippen molar-refractivity contribution in [1.82, 2.24) is 15.0 Å². The highest BCUT2D eigenvalue weighted by atomic mass is 16.5. The molecule has 5 nitrogen and oxygen atoms in total. The van der Waals surface area contributed by atoms with E-state index >= 15 is 0 Å². The van der Waals surface area contributed by atoms with E-state index < -0.39 is 0 Å². The zero-order valence-corrected chi connectivity index (χ0v) is 10.7. The van der Waals surface area contributed by atoms with Crippen LogP contribution in [0.3, 0.4) is 0 Å². The molecule has 0 radical (unpaired) electrons. The lowest BCUT2D eigenvalue weighted by molar-refractivity contribution is 0.192. The van der Waals surface area contributed by atoms with Crippen LogP contribution in [0.15, 0.2) is 42.7 Å². The molecular weight excluding hydrogens is 252 g/mol. The lowest BCUT2D eigenvalue weighted by atomic mass is 10.00. The molecule has 0 saturated heterocycles. The topological polar surface area (TPSA) is 73.9 Å². The van der Waals surface area contributed by atoms with Gasteiger partial charge < -0.3 is 10.5 Å². The Morgan fingerprint density at radius 3 is 2.85 bits per heavy atom. The van der Waals surface area contributed by atoms with E-state index in [2.05, 4.69) is 15.0 Å². The van der Waals surface area contributed by atoms with E-state index in [1.165, 1.54) is 6.33 Å². The first-order valence-electron chi connectivity index (χ1n) is 6.43. The van der Waals surface area contributed by atoms with Crippen LogP contribution in [0.25, 0.3) is 10.9 Å². The Labute approximate surface area is 115 Å². The largest absolute Gasteiger partial charge is 0.468 e. The molecule has 1 aliphatic rings. The SMILES string of the molecule is Nc1cc2ncnc3c2c(n1)CC(c1ccccc1)O3. The first-order valence-corrected chi connectivity index (χ1v) is 6.43. The molecule has 2 aromatic heterocycles. The van der Waals surface area contributed by atoms with Gasteiger partial charge >= 0.3 is 0 Å². The van der Waals surface area contributed by atoms with Gasteiger partial charge in [-0.2, -0.15) is 0 Å². The van der Waals surface area contributed by atoms with Crippen LogP contribution in [0.5, 0.6) is 5.88 Å². The fourth-order valence-electron chi connectivity index (χ4n) is 2.59. The van der Waals surface area contributed by atoms with E-state index in [1.807, 2.05) is 30.3 Å². The van der Waals surface area contributed by atoms with Crippen molar-refractivity contribution in [3.05, 3.63) is 54.0 Å². The highest BCUT2D eigenvalue weighted by Gasteiger charge is 2.26. The number of ether oxygens (including phenoxy) is 1. The van der Waals surface area contributed by atoms with Gasteiger partial charge in [-0.25, -0.2) is 15.0 Å². The number of hydrogen-bond donors (Lipinski definition) is 1. The Balaban J connectivity index is 1.87. The van der Waals surface area contributed by atoms with Gasteiger partial charge in [0, 0.05) is 12.5 Å². The standard InChI is InChI=1S/C15H12N4O/c16-13-7-10-14-11(19-13)6-12(9-4-2-1-3-5-9)20-15(14)18-8-17-10/h1-5,7-8,12H,6H2,(H2,16,19). The Hall–Kier alpha value is -2.69. The second-order valence-corrected chi connectivity index (χ2v) is 4.79. The normalized spacial score (nSPS) is 16.9. The number of nitrogens with zero attached hydrogens (tertiary/aromatic N) is 3. The maximum Gasteiger partial charge on any atom is 0.226 e. The van der Waals surface area contributed by atoms with Crippen molar-refractivity contribution in [2.75, 3.05) is 5.73 Å². The first-order chi connectivity index (χ1) is 9.81. The average Bonchev–Trinajstić information content (AvgIpc) is 2.48. The maximum atomic E-state index is 6.00. The third-order valence-corrected chi connectivity index (χ3v) is 3.48. The summed E-state index contributed by atoms with van der Waals surface area (Å²) in [6.07, 6.45) is 2.08. The van der Waals surface area contributed by atoms with Gasteiger partial charge in [-0.05, 0) is 5.56 Å². The molecule has 1 aromatic carbocycles. The van der Waals surface area contributed by atoms with Crippen LogP contribution in [0, 0.1) is 0 Å². The average molecular weight is 264 g/mol. The van der Waals surface area contributed by atoms with Gasteiger partial charge in [0.2, 0.25) is 5.88 Å². The van der Waals surface area contributed by atoms with Crippen molar-refractivity contribution >= 4 is 16.7 Å². The first kappa shape index (κ1) is 11.2. The molecule has 3 heterocycles. The third-order valence-electron chi connectivity index (χ3n) is 3.48. The molecule has 0 bridgehead atoms. The molecule has 3 aromatic rings. The number of aromatic nitrogens is 3. The van der Waals surface area contributed by atoms with Crippen molar-refractivity contribution in [2.24, 2.45) is 0 Å². The van der Waals surface area contributed by atoms with Crippen molar-refractivity contribution in [3.63, 3.8) is 0 Å².